The van der Waals surface area contributed by atoms with Crippen molar-refractivity contribution in [3.8, 4) is 0 Å². The molecule has 0 bridgehead atoms. The van der Waals surface area contributed by atoms with E-state index in [0.717, 1.165) is 0 Å². The molecule has 9 heteroatoms. The monoisotopic (exact) mass is 385 g/mol. The average molecular weight is 386 g/mol. The molecule has 2 rings (SSSR count). The fraction of sp³-hybridized carbons (Fsp3) is 0.588. The van der Waals surface area contributed by atoms with Crippen molar-refractivity contribution in [2.24, 2.45) is 0 Å². The number of nitro benzene ring substituents is 1. The van der Waals surface area contributed by atoms with Gasteiger partial charge in [-0.05, 0) is 40.5 Å². The third kappa shape index (κ3) is 4.63. The molecule has 0 aliphatic carbocycles. The van der Waals surface area contributed by atoms with Crippen molar-refractivity contribution in [1.29, 1.82) is 0 Å². The Kier molecular flexibility index (Phi) is 5.51. The first kappa shape index (κ1) is 20.4. The number of fused-ring (bicyclic) bond motifs is 1. The molecular formula is C17H24ClN3O5. The van der Waals surface area contributed by atoms with Gasteiger partial charge in [-0.1, -0.05) is 11.6 Å². The van der Waals surface area contributed by atoms with E-state index in [9.17, 15) is 25.1 Å². The molecule has 0 unspecified atom stereocenters. The largest absolute Gasteiger partial charge is 0.390 e. The van der Waals surface area contributed by atoms with Gasteiger partial charge in [-0.3, -0.25) is 19.2 Å². The molecule has 8 nitrogen and oxygen atoms in total. The predicted octanol–water partition coefficient (Wildman–Crippen LogP) is 2.69. The van der Waals surface area contributed by atoms with E-state index in [2.05, 4.69) is 0 Å². The predicted molar refractivity (Wildman–Crippen MR) is 99.7 cm³/mol. The molecule has 0 aliphatic heterocycles. The van der Waals surface area contributed by atoms with E-state index in [0.29, 0.717) is 17.5 Å². The number of aromatic nitrogens is 2. The molecule has 144 valence electrons. The molecule has 1 aromatic heterocycles. The van der Waals surface area contributed by atoms with Crippen molar-refractivity contribution >= 4 is 28.3 Å². The number of nitrogens with zero attached hydrogens (tertiary/aromatic N) is 3. The first-order chi connectivity index (χ1) is 11.8. The highest BCUT2D eigenvalue weighted by Crippen LogP contribution is 2.29. The Morgan fingerprint density at radius 3 is 2.04 bits per heavy atom. The van der Waals surface area contributed by atoms with Gasteiger partial charge in [0.25, 0.3) is 5.69 Å². The fourth-order valence-corrected chi connectivity index (χ4v) is 3.00. The van der Waals surface area contributed by atoms with Gasteiger partial charge in [-0.15, -0.1) is 0 Å². The molecule has 0 saturated heterocycles. The van der Waals surface area contributed by atoms with Crippen LogP contribution < -0.4 is 5.69 Å². The number of aryl methyl sites for hydroxylation is 2. The molecule has 0 radical (unpaired) electrons. The summed E-state index contributed by atoms with van der Waals surface area (Å²) in [5, 5.41) is 31.2. The molecule has 0 spiro atoms. The molecule has 2 aromatic rings. The summed E-state index contributed by atoms with van der Waals surface area (Å²) in [7, 11) is 0. The number of aliphatic hydroxyl groups is 2. The zero-order chi connectivity index (χ0) is 19.9. The smallest absolute Gasteiger partial charge is 0.329 e. The summed E-state index contributed by atoms with van der Waals surface area (Å²) in [6.07, 6.45) is 0.600. The number of hydrogen-bond donors (Lipinski definition) is 2. The Hall–Kier alpha value is -1.90. The van der Waals surface area contributed by atoms with Gasteiger partial charge in [-0.25, -0.2) is 4.79 Å². The number of non-ortho nitro benzene ring substituents is 1. The number of benzene rings is 1. The number of hydrogen-bond acceptors (Lipinski definition) is 5. The van der Waals surface area contributed by atoms with Crippen LogP contribution in [0.2, 0.25) is 5.02 Å². The fourth-order valence-electron chi connectivity index (χ4n) is 2.69. The highest BCUT2D eigenvalue weighted by molar-refractivity contribution is 6.35. The lowest BCUT2D eigenvalue weighted by Gasteiger charge is -2.17. The summed E-state index contributed by atoms with van der Waals surface area (Å²) in [6, 6.07) is 2.53. The van der Waals surface area contributed by atoms with Crippen molar-refractivity contribution in [2.75, 3.05) is 0 Å². The molecule has 0 atom stereocenters. The van der Waals surface area contributed by atoms with Gasteiger partial charge in [0.1, 0.15) is 0 Å². The van der Waals surface area contributed by atoms with Crippen molar-refractivity contribution in [1.82, 2.24) is 9.13 Å². The first-order valence-corrected chi connectivity index (χ1v) is 8.70. The van der Waals surface area contributed by atoms with E-state index < -0.39 is 16.1 Å². The van der Waals surface area contributed by atoms with E-state index in [1.54, 1.807) is 27.7 Å². The Bertz CT molecular complexity index is 887. The summed E-state index contributed by atoms with van der Waals surface area (Å²) >= 11 is 6.25. The van der Waals surface area contributed by atoms with E-state index in [-0.39, 0.29) is 35.9 Å². The Morgan fingerprint density at radius 1 is 1.08 bits per heavy atom. The average Bonchev–Trinajstić information content (AvgIpc) is 2.73. The first-order valence-electron chi connectivity index (χ1n) is 8.32. The molecule has 1 heterocycles. The molecule has 0 amide bonds. The van der Waals surface area contributed by atoms with Gasteiger partial charge in [0, 0.05) is 25.2 Å². The van der Waals surface area contributed by atoms with Crippen LogP contribution in [0.15, 0.2) is 16.9 Å². The quantitative estimate of drug-likeness (QED) is 0.562. The summed E-state index contributed by atoms with van der Waals surface area (Å²) < 4.78 is 2.81. The van der Waals surface area contributed by atoms with E-state index in [4.69, 9.17) is 11.6 Å². The van der Waals surface area contributed by atoms with Crippen LogP contribution in [-0.4, -0.2) is 35.5 Å². The van der Waals surface area contributed by atoms with Crippen LogP contribution in [0.1, 0.15) is 40.5 Å². The van der Waals surface area contributed by atoms with E-state index in [1.165, 1.54) is 21.3 Å². The van der Waals surface area contributed by atoms with E-state index in [1.807, 2.05) is 0 Å². The molecule has 1 aromatic carbocycles. The minimum absolute atomic E-state index is 0.101. The number of imidazole rings is 1. The lowest BCUT2D eigenvalue weighted by Crippen LogP contribution is -2.30. The van der Waals surface area contributed by atoms with Gasteiger partial charge < -0.3 is 10.2 Å². The normalized spacial score (nSPS) is 12.7. The molecule has 0 fully saturated rings. The standard InChI is InChI=1S/C17H24ClN3O5/c1-16(2,23)5-7-19-13-10-11(21(25)26)9-12(18)14(13)20(15(19)22)8-6-17(3,4)24/h9-10,23-24H,5-8H2,1-4H3. The van der Waals surface area contributed by atoms with Crippen LogP contribution in [0.3, 0.4) is 0 Å². The van der Waals surface area contributed by atoms with Gasteiger partial charge in [0.05, 0.1) is 32.2 Å². The molecular weight excluding hydrogens is 362 g/mol. The summed E-state index contributed by atoms with van der Waals surface area (Å²) in [6.45, 7) is 6.93. The highest BCUT2D eigenvalue weighted by atomic mass is 35.5. The maximum absolute atomic E-state index is 12.9. The van der Waals surface area contributed by atoms with Crippen LogP contribution in [0, 0.1) is 10.1 Å². The molecule has 26 heavy (non-hydrogen) atoms. The lowest BCUT2D eigenvalue weighted by atomic mass is 10.1. The van der Waals surface area contributed by atoms with Crippen LogP contribution in [-0.2, 0) is 13.1 Å². The van der Waals surface area contributed by atoms with Crippen LogP contribution >= 0.6 is 11.6 Å². The summed E-state index contributed by atoms with van der Waals surface area (Å²) in [5.74, 6) is 0. The third-order valence-electron chi connectivity index (χ3n) is 4.16. The molecule has 0 aliphatic rings. The zero-order valence-electron chi connectivity index (χ0n) is 15.3. The Morgan fingerprint density at radius 2 is 1.58 bits per heavy atom. The van der Waals surface area contributed by atoms with Gasteiger partial charge >= 0.3 is 5.69 Å². The van der Waals surface area contributed by atoms with Crippen molar-refractivity contribution in [3.05, 3.63) is 37.8 Å². The van der Waals surface area contributed by atoms with Gasteiger partial charge in [0.15, 0.2) is 0 Å². The number of rotatable bonds is 7. The summed E-state index contributed by atoms with van der Waals surface area (Å²) in [4.78, 5) is 23.5. The second-order valence-corrected chi connectivity index (χ2v) is 8.17. The van der Waals surface area contributed by atoms with Crippen LogP contribution in [0.5, 0.6) is 0 Å². The lowest BCUT2D eigenvalue weighted by molar-refractivity contribution is -0.384. The Labute approximate surface area is 155 Å². The number of nitro groups is 1. The third-order valence-corrected chi connectivity index (χ3v) is 4.44. The van der Waals surface area contributed by atoms with Crippen LogP contribution in [0.25, 0.3) is 11.0 Å². The van der Waals surface area contributed by atoms with Gasteiger partial charge in [0.2, 0.25) is 0 Å². The van der Waals surface area contributed by atoms with Gasteiger partial charge in [-0.2, -0.15) is 0 Å². The van der Waals surface area contributed by atoms with Crippen LogP contribution in [0.4, 0.5) is 5.69 Å². The van der Waals surface area contributed by atoms with Crippen molar-refractivity contribution in [2.45, 2.75) is 64.8 Å². The maximum atomic E-state index is 12.9. The Balaban J connectivity index is 2.65. The minimum Gasteiger partial charge on any atom is -0.390 e. The zero-order valence-corrected chi connectivity index (χ0v) is 16.1. The topological polar surface area (TPSA) is 111 Å². The molecule has 0 saturated carbocycles. The highest BCUT2D eigenvalue weighted by Gasteiger charge is 2.23. The minimum atomic E-state index is -0.995. The molecule has 2 N–H and O–H groups in total. The second-order valence-electron chi connectivity index (χ2n) is 7.76. The maximum Gasteiger partial charge on any atom is 0.329 e. The second kappa shape index (κ2) is 7.02. The summed E-state index contributed by atoms with van der Waals surface area (Å²) in [5.41, 5.74) is -1.83. The van der Waals surface area contributed by atoms with E-state index >= 15 is 0 Å². The van der Waals surface area contributed by atoms with Crippen molar-refractivity contribution in [3.63, 3.8) is 0 Å². The van der Waals surface area contributed by atoms with Crippen molar-refractivity contribution < 1.29 is 15.1 Å². The SMILES string of the molecule is CC(C)(O)CCn1c(=O)n(CCC(C)(C)O)c2c(Cl)cc([N+](=O)[O-])cc21. The number of halogens is 1.